The van der Waals surface area contributed by atoms with Crippen LogP contribution in [0, 0.1) is 0 Å². The number of aromatic nitrogens is 2. The van der Waals surface area contributed by atoms with Gasteiger partial charge in [0.15, 0.2) is 6.10 Å². The Hall–Kier alpha value is -1.92. The van der Waals surface area contributed by atoms with Gasteiger partial charge in [0.25, 0.3) is 0 Å². The molecule has 0 amide bonds. The smallest absolute Gasteiger partial charge is 0.244 e. The molecule has 1 aromatic carbocycles. The fraction of sp³-hybridized carbons (Fsp3) is 0.467. The van der Waals surface area contributed by atoms with Gasteiger partial charge in [-0.3, -0.25) is 0 Å². The molecule has 1 aromatic heterocycles. The van der Waals surface area contributed by atoms with Crippen LogP contribution in [0.4, 0.5) is 0 Å². The summed E-state index contributed by atoms with van der Waals surface area (Å²) in [5.41, 5.74) is 1.19. The van der Waals surface area contributed by atoms with Crippen LogP contribution in [0.15, 0.2) is 28.8 Å². The molecule has 2 aromatic rings. The van der Waals surface area contributed by atoms with Crippen LogP contribution in [0.2, 0.25) is 0 Å². The highest BCUT2D eigenvalue weighted by atomic mass is 16.5. The Morgan fingerprint density at radius 2 is 2.24 bits per heavy atom. The number of nitrogens with zero attached hydrogens (tertiary/aromatic N) is 2. The molecule has 3 heterocycles. The fourth-order valence-corrected chi connectivity index (χ4v) is 2.92. The lowest BCUT2D eigenvalue weighted by Gasteiger charge is -2.05. The lowest BCUT2D eigenvalue weighted by molar-refractivity contribution is 0.116. The highest BCUT2D eigenvalue weighted by molar-refractivity contribution is 5.37. The maximum absolute atomic E-state index is 5.88. The van der Waals surface area contributed by atoms with Crippen molar-refractivity contribution in [3.8, 4) is 5.75 Å². The molecule has 6 heteroatoms. The summed E-state index contributed by atoms with van der Waals surface area (Å²) in [6.07, 6.45) is 1.69. The first-order valence-electron chi connectivity index (χ1n) is 7.17. The molecule has 6 nitrogen and oxygen atoms in total. The zero-order chi connectivity index (χ0) is 14.2. The monoisotopic (exact) mass is 287 g/mol. The van der Waals surface area contributed by atoms with Crippen LogP contribution in [0.3, 0.4) is 0 Å². The molecule has 1 saturated heterocycles. The summed E-state index contributed by atoms with van der Waals surface area (Å²) in [4.78, 5) is 4.51. The van der Waals surface area contributed by atoms with E-state index in [0.29, 0.717) is 11.7 Å². The molecule has 0 radical (unpaired) electrons. The van der Waals surface area contributed by atoms with Crippen molar-refractivity contribution >= 4 is 0 Å². The van der Waals surface area contributed by atoms with Gasteiger partial charge in [0, 0.05) is 20.1 Å². The molecule has 0 bridgehead atoms. The van der Waals surface area contributed by atoms with E-state index in [-0.39, 0.29) is 18.2 Å². The Balaban J connectivity index is 1.49. The minimum Gasteiger partial charge on any atom is -0.482 e. The van der Waals surface area contributed by atoms with Gasteiger partial charge in [-0.2, -0.15) is 4.98 Å². The molecular weight excluding hydrogens is 270 g/mol. The van der Waals surface area contributed by atoms with Crippen molar-refractivity contribution in [3.05, 3.63) is 41.5 Å². The first-order valence-corrected chi connectivity index (χ1v) is 7.17. The SMILES string of the molecule is COC1CNC(c2nc(C3Cc4ccccc4O3)no2)C1. The number of rotatable bonds is 3. The van der Waals surface area contributed by atoms with E-state index in [1.807, 2.05) is 18.2 Å². The van der Waals surface area contributed by atoms with Crippen LogP contribution in [-0.2, 0) is 11.2 Å². The van der Waals surface area contributed by atoms with Gasteiger partial charge in [-0.05, 0) is 18.1 Å². The van der Waals surface area contributed by atoms with Crippen LogP contribution < -0.4 is 10.1 Å². The van der Waals surface area contributed by atoms with Crippen molar-refractivity contribution in [1.29, 1.82) is 0 Å². The second-order valence-corrected chi connectivity index (χ2v) is 5.46. The molecule has 0 saturated carbocycles. The third-order valence-corrected chi connectivity index (χ3v) is 4.11. The number of benzene rings is 1. The predicted octanol–water partition coefficient (Wildman–Crippen LogP) is 1.80. The Labute approximate surface area is 122 Å². The summed E-state index contributed by atoms with van der Waals surface area (Å²) < 4.78 is 16.6. The van der Waals surface area contributed by atoms with Crippen LogP contribution >= 0.6 is 0 Å². The molecule has 1 fully saturated rings. The second kappa shape index (κ2) is 5.13. The normalized spacial score (nSPS) is 27.6. The lowest BCUT2D eigenvalue weighted by Crippen LogP contribution is -2.16. The highest BCUT2D eigenvalue weighted by Crippen LogP contribution is 2.35. The highest BCUT2D eigenvalue weighted by Gasteiger charge is 2.32. The Morgan fingerprint density at radius 3 is 3.05 bits per heavy atom. The number of fused-ring (bicyclic) bond motifs is 1. The third-order valence-electron chi connectivity index (χ3n) is 4.11. The van der Waals surface area contributed by atoms with Crippen LogP contribution in [0.25, 0.3) is 0 Å². The molecule has 2 aliphatic heterocycles. The van der Waals surface area contributed by atoms with Crippen LogP contribution in [0.5, 0.6) is 5.75 Å². The average Bonchev–Trinajstić information content (AvgIpc) is 3.24. The van der Waals surface area contributed by atoms with E-state index in [9.17, 15) is 0 Å². The van der Waals surface area contributed by atoms with E-state index in [2.05, 4.69) is 21.5 Å². The van der Waals surface area contributed by atoms with Gasteiger partial charge in [0.05, 0.1) is 12.1 Å². The summed E-state index contributed by atoms with van der Waals surface area (Å²) in [6.45, 7) is 0.810. The summed E-state index contributed by atoms with van der Waals surface area (Å²) >= 11 is 0. The maximum atomic E-state index is 5.88. The number of hydrogen-bond acceptors (Lipinski definition) is 6. The van der Waals surface area contributed by atoms with Crippen molar-refractivity contribution < 1.29 is 14.0 Å². The van der Waals surface area contributed by atoms with Gasteiger partial charge in [-0.15, -0.1) is 0 Å². The largest absolute Gasteiger partial charge is 0.482 e. The van der Waals surface area contributed by atoms with Crippen molar-refractivity contribution in [3.63, 3.8) is 0 Å². The summed E-state index contributed by atoms with van der Waals surface area (Å²) in [7, 11) is 1.72. The molecule has 0 spiro atoms. The van der Waals surface area contributed by atoms with Crippen molar-refractivity contribution in [2.45, 2.75) is 31.1 Å². The summed E-state index contributed by atoms with van der Waals surface area (Å²) in [5, 5.41) is 7.42. The first kappa shape index (κ1) is 12.8. The average molecular weight is 287 g/mol. The van der Waals surface area contributed by atoms with Crippen LogP contribution in [0.1, 0.15) is 35.8 Å². The standard InChI is InChI=1S/C15H17N3O3/c1-19-10-7-11(16-8-10)15-17-14(18-21-15)13-6-9-4-2-3-5-12(9)20-13/h2-5,10-11,13,16H,6-8H2,1H3. The number of ether oxygens (including phenoxy) is 2. The van der Waals surface area contributed by atoms with Crippen molar-refractivity contribution in [1.82, 2.24) is 15.5 Å². The van der Waals surface area contributed by atoms with Gasteiger partial charge >= 0.3 is 0 Å². The lowest BCUT2D eigenvalue weighted by atomic mass is 10.1. The molecule has 0 aliphatic carbocycles. The molecule has 21 heavy (non-hydrogen) atoms. The first-order chi connectivity index (χ1) is 10.3. The minimum absolute atomic E-state index is 0.0694. The van der Waals surface area contributed by atoms with Crippen molar-refractivity contribution in [2.75, 3.05) is 13.7 Å². The fourth-order valence-electron chi connectivity index (χ4n) is 2.92. The predicted molar refractivity (Wildman–Crippen MR) is 74.0 cm³/mol. The van der Waals surface area contributed by atoms with E-state index in [4.69, 9.17) is 14.0 Å². The van der Waals surface area contributed by atoms with E-state index in [1.165, 1.54) is 5.56 Å². The number of hydrogen-bond donors (Lipinski definition) is 1. The molecule has 1 N–H and O–H groups in total. The Bertz CT molecular complexity index is 618. The quantitative estimate of drug-likeness (QED) is 0.928. The van der Waals surface area contributed by atoms with Gasteiger partial charge < -0.3 is 19.3 Å². The zero-order valence-corrected chi connectivity index (χ0v) is 11.8. The van der Waals surface area contributed by atoms with E-state index in [0.717, 1.165) is 25.1 Å². The molecule has 4 rings (SSSR count). The molecular formula is C15H17N3O3. The van der Waals surface area contributed by atoms with E-state index < -0.39 is 0 Å². The molecule has 3 unspecified atom stereocenters. The van der Waals surface area contributed by atoms with E-state index >= 15 is 0 Å². The van der Waals surface area contributed by atoms with Gasteiger partial charge in [-0.25, -0.2) is 0 Å². The molecule has 3 atom stereocenters. The number of methoxy groups -OCH3 is 1. The third kappa shape index (κ3) is 2.30. The number of nitrogens with one attached hydrogen (secondary N) is 1. The topological polar surface area (TPSA) is 69.4 Å². The van der Waals surface area contributed by atoms with Crippen molar-refractivity contribution in [2.24, 2.45) is 0 Å². The minimum atomic E-state index is -0.153. The van der Waals surface area contributed by atoms with E-state index in [1.54, 1.807) is 7.11 Å². The Morgan fingerprint density at radius 1 is 1.33 bits per heavy atom. The molecule has 110 valence electrons. The van der Waals surface area contributed by atoms with Gasteiger partial charge in [0.2, 0.25) is 11.7 Å². The summed E-state index contributed by atoms with van der Waals surface area (Å²) in [6, 6.07) is 8.09. The summed E-state index contributed by atoms with van der Waals surface area (Å²) in [5.74, 6) is 2.14. The van der Waals surface area contributed by atoms with Crippen LogP contribution in [-0.4, -0.2) is 29.9 Å². The van der Waals surface area contributed by atoms with Gasteiger partial charge in [-0.1, -0.05) is 23.4 Å². The zero-order valence-electron chi connectivity index (χ0n) is 11.8. The molecule has 2 aliphatic rings. The maximum Gasteiger partial charge on any atom is 0.244 e. The Kier molecular flexibility index (Phi) is 3.12. The van der Waals surface area contributed by atoms with Gasteiger partial charge in [0.1, 0.15) is 5.75 Å². The number of para-hydroxylation sites is 1. The second-order valence-electron chi connectivity index (χ2n) is 5.46.